The van der Waals surface area contributed by atoms with E-state index < -0.39 is 5.82 Å². The molecule has 0 radical (unpaired) electrons. The lowest BCUT2D eigenvalue weighted by Gasteiger charge is -2.34. The maximum absolute atomic E-state index is 13.3. The SMILES string of the molecule is O=C(Cn1cnc2cc(F)ccc2c1=O)N1CCN(c2ncccn2)CC1. The summed E-state index contributed by atoms with van der Waals surface area (Å²) < 4.78 is 14.5. The molecule has 0 N–H and O–H groups in total. The topological polar surface area (TPSA) is 84.2 Å². The molecule has 0 unspecified atom stereocenters. The Bertz CT molecular complexity index is 1030. The van der Waals surface area contributed by atoms with Gasteiger partial charge in [0.05, 0.1) is 17.2 Å². The van der Waals surface area contributed by atoms with Crippen LogP contribution in [0.4, 0.5) is 10.3 Å². The summed E-state index contributed by atoms with van der Waals surface area (Å²) in [5, 5.41) is 0.290. The Morgan fingerprint density at radius 3 is 2.56 bits per heavy atom. The Labute approximate surface area is 153 Å². The van der Waals surface area contributed by atoms with Crippen molar-refractivity contribution < 1.29 is 9.18 Å². The molecule has 1 aliphatic rings. The van der Waals surface area contributed by atoms with Crippen LogP contribution in [-0.2, 0) is 11.3 Å². The summed E-state index contributed by atoms with van der Waals surface area (Å²) in [5.74, 6) is 0.0317. The lowest BCUT2D eigenvalue weighted by atomic mass is 10.2. The Hall–Kier alpha value is -3.36. The molecule has 138 valence electrons. The Kier molecular flexibility index (Phi) is 4.49. The van der Waals surface area contributed by atoms with E-state index in [4.69, 9.17) is 0 Å². The van der Waals surface area contributed by atoms with Gasteiger partial charge in [0.25, 0.3) is 5.56 Å². The molecule has 0 atom stereocenters. The van der Waals surface area contributed by atoms with Crippen LogP contribution < -0.4 is 10.5 Å². The quantitative estimate of drug-likeness (QED) is 0.676. The van der Waals surface area contributed by atoms with E-state index in [0.29, 0.717) is 32.1 Å². The van der Waals surface area contributed by atoms with Crippen molar-refractivity contribution in [3.63, 3.8) is 0 Å². The molecule has 0 spiro atoms. The zero-order valence-corrected chi connectivity index (χ0v) is 14.5. The van der Waals surface area contributed by atoms with Gasteiger partial charge in [-0.3, -0.25) is 14.2 Å². The highest BCUT2D eigenvalue weighted by atomic mass is 19.1. The minimum absolute atomic E-state index is 0.0962. The van der Waals surface area contributed by atoms with Crippen LogP contribution in [0, 0.1) is 5.82 Å². The zero-order chi connectivity index (χ0) is 18.8. The predicted molar refractivity (Wildman–Crippen MR) is 96.8 cm³/mol. The molecule has 3 aromatic rings. The van der Waals surface area contributed by atoms with Gasteiger partial charge in [-0.05, 0) is 18.2 Å². The molecular weight excluding hydrogens is 351 g/mol. The number of fused-ring (bicyclic) bond motifs is 1. The zero-order valence-electron chi connectivity index (χ0n) is 14.5. The summed E-state index contributed by atoms with van der Waals surface area (Å²) in [6.45, 7) is 2.21. The number of piperazine rings is 1. The van der Waals surface area contributed by atoms with Crippen molar-refractivity contribution in [3.8, 4) is 0 Å². The number of amides is 1. The summed E-state index contributed by atoms with van der Waals surface area (Å²) in [6.07, 6.45) is 4.66. The van der Waals surface area contributed by atoms with Gasteiger partial charge in [0.1, 0.15) is 12.4 Å². The Morgan fingerprint density at radius 2 is 1.81 bits per heavy atom. The van der Waals surface area contributed by atoms with E-state index in [1.165, 1.54) is 29.1 Å². The van der Waals surface area contributed by atoms with Crippen LogP contribution in [0.5, 0.6) is 0 Å². The largest absolute Gasteiger partial charge is 0.338 e. The molecule has 0 aliphatic carbocycles. The van der Waals surface area contributed by atoms with Crippen LogP contribution in [0.25, 0.3) is 10.9 Å². The number of benzene rings is 1. The van der Waals surface area contributed by atoms with Crippen LogP contribution >= 0.6 is 0 Å². The van der Waals surface area contributed by atoms with Gasteiger partial charge in [0.2, 0.25) is 11.9 Å². The Morgan fingerprint density at radius 1 is 1.07 bits per heavy atom. The summed E-state index contributed by atoms with van der Waals surface area (Å²) in [6, 6.07) is 5.56. The Balaban J connectivity index is 1.44. The second-order valence-corrected chi connectivity index (χ2v) is 6.26. The lowest BCUT2D eigenvalue weighted by Crippen LogP contribution is -2.50. The first kappa shape index (κ1) is 17.1. The molecule has 1 saturated heterocycles. The number of hydrogen-bond acceptors (Lipinski definition) is 6. The fourth-order valence-corrected chi connectivity index (χ4v) is 3.10. The average Bonchev–Trinajstić information content (AvgIpc) is 2.71. The van der Waals surface area contributed by atoms with E-state index in [1.54, 1.807) is 23.4 Å². The molecule has 1 amide bonds. The van der Waals surface area contributed by atoms with Gasteiger partial charge in [-0.2, -0.15) is 0 Å². The summed E-state index contributed by atoms with van der Waals surface area (Å²) in [7, 11) is 0. The molecule has 27 heavy (non-hydrogen) atoms. The maximum atomic E-state index is 13.3. The third-order valence-corrected chi connectivity index (χ3v) is 4.56. The highest BCUT2D eigenvalue weighted by Crippen LogP contribution is 2.11. The number of nitrogens with zero attached hydrogens (tertiary/aromatic N) is 6. The van der Waals surface area contributed by atoms with Crippen molar-refractivity contribution in [2.24, 2.45) is 0 Å². The molecule has 1 fully saturated rings. The maximum Gasteiger partial charge on any atom is 0.261 e. The molecule has 4 rings (SSSR count). The van der Waals surface area contributed by atoms with Gasteiger partial charge in [-0.15, -0.1) is 0 Å². The first-order valence-corrected chi connectivity index (χ1v) is 8.56. The summed E-state index contributed by atoms with van der Waals surface area (Å²) >= 11 is 0. The van der Waals surface area contributed by atoms with Crippen molar-refractivity contribution in [1.29, 1.82) is 0 Å². The van der Waals surface area contributed by atoms with Crippen molar-refractivity contribution in [1.82, 2.24) is 24.4 Å². The highest BCUT2D eigenvalue weighted by Gasteiger charge is 2.23. The van der Waals surface area contributed by atoms with Crippen LogP contribution in [0.15, 0.2) is 47.8 Å². The normalized spacial score (nSPS) is 14.6. The summed E-state index contributed by atoms with van der Waals surface area (Å²) in [4.78, 5) is 41.3. The van der Waals surface area contributed by atoms with Gasteiger partial charge in [0.15, 0.2) is 0 Å². The molecule has 2 aromatic heterocycles. The molecule has 0 bridgehead atoms. The third-order valence-electron chi connectivity index (χ3n) is 4.56. The van der Waals surface area contributed by atoms with Crippen LogP contribution in [0.2, 0.25) is 0 Å². The highest BCUT2D eigenvalue weighted by molar-refractivity contribution is 5.79. The minimum Gasteiger partial charge on any atom is -0.338 e. The van der Waals surface area contributed by atoms with Crippen LogP contribution in [0.1, 0.15) is 0 Å². The molecule has 1 aliphatic heterocycles. The van der Waals surface area contributed by atoms with Gasteiger partial charge >= 0.3 is 0 Å². The van der Waals surface area contributed by atoms with Gasteiger partial charge in [-0.25, -0.2) is 19.3 Å². The number of hydrogen-bond donors (Lipinski definition) is 0. The predicted octanol–water partition coefficient (Wildman–Crippen LogP) is 0.674. The number of carbonyl (C=O) groups excluding carboxylic acids is 1. The van der Waals surface area contributed by atoms with Gasteiger partial charge in [-0.1, -0.05) is 0 Å². The summed E-state index contributed by atoms with van der Waals surface area (Å²) in [5.41, 5.74) is -0.0788. The van der Waals surface area contributed by atoms with Crippen LogP contribution in [-0.4, -0.2) is 56.5 Å². The fraction of sp³-hybridized carbons (Fsp3) is 0.278. The number of aromatic nitrogens is 4. The smallest absolute Gasteiger partial charge is 0.261 e. The molecule has 3 heterocycles. The van der Waals surface area contributed by atoms with Crippen molar-refractivity contribution in [3.05, 3.63) is 59.2 Å². The standard InChI is InChI=1S/C18H17FN6O2/c19-13-2-3-14-15(10-13)22-12-25(17(14)27)11-16(26)23-6-8-24(9-7-23)18-20-4-1-5-21-18/h1-5,10,12H,6-9,11H2. The number of carbonyl (C=O) groups is 1. The monoisotopic (exact) mass is 368 g/mol. The van der Waals surface area contributed by atoms with E-state index >= 15 is 0 Å². The number of rotatable bonds is 3. The first-order chi connectivity index (χ1) is 13.1. The number of anilines is 1. The molecule has 0 saturated carbocycles. The first-order valence-electron chi connectivity index (χ1n) is 8.56. The van der Waals surface area contributed by atoms with E-state index in [1.807, 2.05) is 4.90 Å². The molecular formula is C18H17FN6O2. The van der Waals surface area contributed by atoms with E-state index in [2.05, 4.69) is 15.0 Å². The van der Waals surface area contributed by atoms with E-state index in [9.17, 15) is 14.0 Å². The molecule has 9 heteroatoms. The second-order valence-electron chi connectivity index (χ2n) is 6.26. The molecule has 1 aromatic carbocycles. The average molecular weight is 368 g/mol. The third kappa shape index (κ3) is 3.48. The fourth-order valence-electron chi connectivity index (χ4n) is 3.10. The number of halogens is 1. The van der Waals surface area contributed by atoms with Gasteiger partial charge < -0.3 is 9.80 Å². The van der Waals surface area contributed by atoms with E-state index in [-0.39, 0.29) is 28.9 Å². The van der Waals surface area contributed by atoms with Crippen molar-refractivity contribution in [2.75, 3.05) is 31.1 Å². The van der Waals surface area contributed by atoms with E-state index in [0.717, 1.165) is 0 Å². The lowest BCUT2D eigenvalue weighted by molar-refractivity contribution is -0.132. The van der Waals surface area contributed by atoms with Gasteiger partial charge in [0, 0.05) is 44.6 Å². The molecule has 8 nitrogen and oxygen atoms in total. The van der Waals surface area contributed by atoms with Crippen molar-refractivity contribution in [2.45, 2.75) is 6.54 Å². The minimum atomic E-state index is -0.455. The second kappa shape index (κ2) is 7.10. The van der Waals surface area contributed by atoms with Crippen LogP contribution in [0.3, 0.4) is 0 Å². The van der Waals surface area contributed by atoms with Crippen molar-refractivity contribution >= 4 is 22.8 Å².